The maximum atomic E-state index is 12.3. The van der Waals surface area contributed by atoms with Gasteiger partial charge >= 0.3 is 0 Å². The number of hydrazine groups is 1. The number of halogens is 1. The number of amides is 1. The highest BCUT2D eigenvalue weighted by atomic mass is 79.9. The molecule has 0 saturated carbocycles. The van der Waals surface area contributed by atoms with Crippen molar-refractivity contribution in [2.45, 2.75) is 6.42 Å². The second-order valence-electron chi connectivity index (χ2n) is 6.28. The van der Waals surface area contributed by atoms with Gasteiger partial charge in [0.15, 0.2) is 11.6 Å². The predicted molar refractivity (Wildman–Crippen MR) is 112 cm³/mol. The van der Waals surface area contributed by atoms with Crippen LogP contribution in [0.5, 0.6) is 0 Å². The molecule has 1 aliphatic heterocycles. The summed E-state index contributed by atoms with van der Waals surface area (Å²) in [6.45, 7) is 5.27. The Morgan fingerprint density at radius 2 is 1.96 bits per heavy atom. The Hall–Kier alpha value is -2.43. The molecule has 2 aromatic rings. The molecule has 0 radical (unpaired) electrons. The molecule has 1 aliphatic rings. The maximum absolute atomic E-state index is 12.3. The molecule has 1 amide bonds. The van der Waals surface area contributed by atoms with Gasteiger partial charge in [0.2, 0.25) is 0 Å². The molecule has 0 bridgehead atoms. The lowest BCUT2D eigenvalue weighted by molar-refractivity contribution is 0.0378. The first-order valence-electron chi connectivity index (χ1n) is 9.10. The molecule has 0 atom stereocenters. The molecule has 1 aromatic carbocycles. The fourth-order valence-electron chi connectivity index (χ4n) is 2.80. The monoisotopic (exact) mass is 449 g/mol. The molecule has 1 fully saturated rings. The van der Waals surface area contributed by atoms with E-state index in [2.05, 4.69) is 47.0 Å². The van der Waals surface area contributed by atoms with Crippen LogP contribution in [-0.4, -0.2) is 60.2 Å². The van der Waals surface area contributed by atoms with Crippen molar-refractivity contribution in [3.05, 3.63) is 40.6 Å². The molecule has 3 rings (SSSR count). The summed E-state index contributed by atoms with van der Waals surface area (Å²) in [5, 5.41) is 3.23. The number of nitrogens with two attached hydrogens (primary N) is 1. The number of hydrogen-bond acceptors (Lipinski definition) is 8. The third-order valence-corrected chi connectivity index (χ3v) is 5.04. The van der Waals surface area contributed by atoms with Gasteiger partial charge in [-0.25, -0.2) is 9.97 Å². The number of nitrogens with zero attached hydrogens (tertiary/aromatic N) is 3. The molecule has 1 aromatic heterocycles. The average Bonchev–Trinajstić information content (AvgIpc) is 2.72. The van der Waals surface area contributed by atoms with E-state index < -0.39 is 0 Å². The van der Waals surface area contributed by atoms with E-state index >= 15 is 0 Å². The standard InChI is InChI=1S/C18H24BrN7O2/c19-14-5-2-1-4-13(14)18(27)25-24-17-15(20)16(22-12-23-17)21-6-3-7-26-8-10-28-11-9-26/h1-2,4-5,12H,3,6-11,20H2,(H,25,27)(H2,21,22,23,24). The van der Waals surface area contributed by atoms with Gasteiger partial charge in [0, 0.05) is 24.1 Å². The molecule has 0 unspecified atom stereocenters. The van der Waals surface area contributed by atoms with Gasteiger partial charge in [-0.1, -0.05) is 12.1 Å². The fraction of sp³-hybridized carbons (Fsp3) is 0.389. The zero-order chi connectivity index (χ0) is 19.8. The minimum Gasteiger partial charge on any atom is -0.393 e. The molecule has 0 aliphatic carbocycles. The van der Waals surface area contributed by atoms with E-state index in [9.17, 15) is 4.79 Å². The van der Waals surface area contributed by atoms with Crippen LogP contribution in [-0.2, 0) is 4.74 Å². The summed E-state index contributed by atoms with van der Waals surface area (Å²) in [6, 6.07) is 7.14. The van der Waals surface area contributed by atoms with Gasteiger partial charge < -0.3 is 15.8 Å². The third kappa shape index (κ3) is 5.54. The first-order chi connectivity index (χ1) is 13.6. The number of benzene rings is 1. The van der Waals surface area contributed by atoms with Gasteiger partial charge in [-0.2, -0.15) is 0 Å². The van der Waals surface area contributed by atoms with Crippen LogP contribution in [0.25, 0.3) is 0 Å². The average molecular weight is 450 g/mol. The largest absolute Gasteiger partial charge is 0.393 e. The molecule has 9 nitrogen and oxygen atoms in total. The minimum atomic E-state index is -0.300. The normalized spacial score (nSPS) is 14.5. The second-order valence-corrected chi connectivity index (χ2v) is 7.13. The summed E-state index contributed by atoms with van der Waals surface area (Å²) >= 11 is 3.35. The number of nitrogens with one attached hydrogen (secondary N) is 3. The van der Waals surface area contributed by atoms with Crippen molar-refractivity contribution in [3.8, 4) is 0 Å². The number of morpholine rings is 1. The molecular weight excluding hydrogens is 426 g/mol. The predicted octanol–water partition coefficient (Wildman–Crippen LogP) is 1.71. The topological polar surface area (TPSA) is 117 Å². The number of rotatable bonds is 8. The summed E-state index contributed by atoms with van der Waals surface area (Å²) in [6.07, 6.45) is 2.36. The van der Waals surface area contributed by atoms with Gasteiger partial charge in [0.25, 0.3) is 5.91 Å². The Bertz CT molecular complexity index is 799. The molecular formula is C18H24BrN7O2. The van der Waals surface area contributed by atoms with Crippen molar-refractivity contribution >= 4 is 39.2 Å². The van der Waals surface area contributed by atoms with Crippen LogP contribution in [0.4, 0.5) is 17.3 Å². The lowest BCUT2D eigenvalue weighted by atomic mass is 10.2. The van der Waals surface area contributed by atoms with Crippen LogP contribution in [0.3, 0.4) is 0 Å². The maximum Gasteiger partial charge on any atom is 0.270 e. The zero-order valence-corrected chi connectivity index (χ0v) is 17.0. The van der Waals surface area contributed by atoms with Crippen LogP contribution in [0.1, 0.15) is 16.8 Å². The Labute approximate surface area is 172 Å². The fourth-order valence-corrected chi connectivity index (χ4v) is 3.26. The highest BCUT2D eigenvalue weighted by Crippen LogP contribution is 2.22. The van der Waals surface area contributed by atoms with E-state index in [0.717, 1.165) is 45.8 Å². The zero-order valence-electron chi connectivity index (χ0n) is 15.4. The van der Waals surface area contributed by atoms with Crippen LogP contribution < -0.4 is 21.9 Å². The molecule has 1 saturated heterocycles. The van der Waals surface area contributed by atoms with E-state index in [1.807, 2.05) is 6.07 Å². The van der Waals surface area contributed by atoms with E-state index in [0.29, 0.717) is 27.4 Å². The molecule has 10 heteroatoms. The Kier molecular flexibility index (Phi) is 7.40. The van der Waals surface area contributed by atoms with E-state index in [-0.39, 0.29) is 5.91 Å². The van der Waals surface area contributed by atoms with E-state index in [1.165, 1.54) is 6.33 Å². The number of ether oxygens (including phenoxy) is 1. The highest BCUT2D eigenvalue weighted by molar-refractivity contribution is 9.10. The highest BCUT2D eigenvalue weighted by Gasteiger charge is 2.12. The lowest BCUT2D eigenvalue weighted by Gasteiger charge is -2.26. The number of aromatic nitrogens is 2. The molecule has 150 valence electrons. The quantitative estimate of drug-likeness (QED) is 0.355. The summed E-state index contributed by atoms with van der Waals surface area (Å²) in [5.41, 5.74) is 12.3. The summed E-state index contributed by atoms with van der Waals surface area (Å²) in [5.74, 6) is 0.575. The molecule has 0 spiro atoms. The summed E-state index contributed by atoms with van der Waals surface area (Å²) < 4.78 is 6.05. The van der Waals surface area contributed by atoms with Gasteiger partial charge in [-0.05, 0) is 41.0 Å². The van der Waals surface area contributed by atoms with E-state index in [1.54, 1.807) is 18.2 Å². The molecule has 2 heterocycles. The Morgan fingerprint density at radius 3 is 2.75 bits per heavy atom. The first kappa shape index (κ1) is 20.3. The van der Waals surface area contributed by atoms with Crippen LogP contribution in [0.15, 0.2) is 35.1 Å². The van der Waals surface area contributed by atoms with Gasteiger partial charge in [-0.3, -0.25) is 20.5 Å². The first-order valence-corrected chi connectivity index (χ1v) is 9.90. The Morgan fingerprint density at radius 1 is 1.21 bits per heavy atom. The SMILES string of the molecule is Nc1c(NCCCN2CCOCC2)ncnc1NNC(=O)c1ccccc1Br. The smallest absolute Gasteiger partial charge is 0.270 e. The van der Waals surface area contributed by atoms with Crippen LogP contribution in [0, 0.1) is 0 Å². The van der Waals surface area contributed by atoms with Gasteiger partial charge in [0.1, 0.15) is 12.0 Å². The van der Waals surface area contributed by atoms with Crippen molar-refractivity contribution < 1.29 is 9.53 Å². The number of carbonyl (C=O) groups excluding carboxylic acids is 1. The van der Waals surface area contributed by atoms with Crippen molar-refractivity contribution in [1.82, 2.24) is 20.3 Å². The summed E-state index contributed by atoms with van der Waals surface area (Å²) in [7, 11) is 0. The van der Waals surface area contributed by atoms with Crippen molar-refractivity contribution in [1.29, 1.82) is 0 Å². The minimum absolute atomic E-state index is 0.300. The van der Waals surface area contributed by atoms with E-state index in [4.69, 9.17) is 10.5 Å². The third-order valence-electron chi connectivity index (χ3n) is 4.34. The lowest BCUT2D eigenvalue weighted by Crippen LogP contribution is -2.37. The van der Waals surface area contributed by atoms with Crippen molar-refractivity contribution in [2.24, 2.45) is 0 Å². The number of hydrogen-bond donors (Lipinski definition) is 4. The Balaban J connectivity index is 1.49. The van der Waals surface area contributed by atoms with Gasteiger partial charge in [0.05, 0.1) is 18.8 Å². The second kappa shape index (κ2) is 10.2. The van der Waals surface area contributed by atoms with Crippen LogP contribution in [0.2, 0.25) is 0 Å². The summed E-state index contributed by atoms with van der Waals surface area (Å²) in [4.78, 5) is 22.9. The van der Waals surface area contributed by atoms with Crippen molar-refractivity contribution in [3.63, 3.8) is 0 Å². The number of anilines is 3. The molecule has 5 N–H and O–H groups in total. The van der Waals surface area contributed by atoms with Crippen molar-refractivity contribution in [2.75, 3.05) is 55.9 Å². The number of nitrogen functional groups attached to an aromatic ring is 1. The number of carbonyl (C=O) groups is 1. The van der Waals surface area contributed by atoms with Crippen LogP contribution >= 0.6 is 15.9 Å². The molecule has 28 heavy (non-hydrogen) atoms. The van der Waals surface area contributed by atoms with Gasteiger partial charge in [-0.15, -0.1) is 0 Å².